The fourth-order valence-corrected chi connectivity index (χ4v) is 1.93. The van der Waals surface area contributed by atoms with Gasteiger partial charge in [0.15, 0.2) is 5.78 Å². The molecule has 1 heterocycles. The first-order valence-corrected chi connectivity index (χ1v) is 7.74. The van der Waals surface area contributed by atoms with Gasteiger partial charge in [-0.1, -0.05) is 0 Å². The summed E-state index contributed by atoms with van der Waals surface area (Å²) in [4.78, 5) is 39.9. The summed E-state index contributed by atoms with van der Waals surface area (Å²) in [6, 6.07) is 3.11. The van der Waals surface area contributed by atoms with Gasteiger partial charge in [0, 0.05) is 30.8 Å². The lowest BCUT2D eigenvalue weighted by Crippen LogP contribution is -2.38. The van der Waals surface area contributed by atoms with Crippen molar-refractivity contribution in [2.75, 3.05) is 20.8 Å². The number of nitrogens with one attached hydrogen (secondary N) is 1. The summed E-state index contributed by atoms with van der Waals surface area (Å²) >= 11 is 0. The van der Waals surface area contributed by atoms with Gasteiger partial charge in [0.2, 0.25) is 5.88 Å². The summed E-state index contributed by atoms with van der Waals surface area (Å²) in [6.07, 6.45) is 0.577. The van der Waals surface area contributed by atoms with Crippen molar-refractivity contribution < 1.29 is 28.6 Å². The number of carbonyl (C=O) groups excluding carboxylic acids is 3. The van der Waals surface area contributed by atoms with Crippen LogP contribution < -0.4 is 10.1 Å². The molecule has 138 valence electrons. The lowest BCUT2D eigenvalue weighted by molar-refractivity contribution is -0.145. The fourth-order valence-electron chi connectivity index (χ4n) is 1.93. The number of esters is 1. The third-order valence-electron chi connectivity index (χ3n) is 3.13. The predicted molar refractivity (Wildman–Crippen MR) is 89.5 cm³/mol. The molecular weight excluding hydrogens is 328 g/mol. The van der Waals surface area contributed by atoms with E-state index in [1.165, 1.54) is 20.4 Å². The van der Waals surface area contributed by atoms with E-state index in [0.29, 0.717) is 11.4 Å². The van der Waals surface area contributed by atoms with Crippen molar-refractivity contribution in [1.29, 1.82) is 0 Å². The molecule has 0 spiro atoms. The second kappa shape index (κ2) is 9.00. The third-order valence-corrected chi connectivity index (χ3v) is 3.13. The van der Waals surface area contributed by atoms with Gasteiger partial charge in [0.25, 0.3) is 0 Å². The molecular formula is C17H24N2O6. The standard InChI is InChI=1S/C17H24N2O6/c1-17(2,3)25-16(22)19-10-12(15(21)24-5)8-13(20)11-6-7-14(23-4)18-9-11/h6-7,9,12H,8,10H2,1-5H3,(H,19,22). The zero-order valence-corrected chi connectivity index (χ0v) is 15.1. The van der Waals surface area contributed by atoms with E-state index in [9.17, 15) is 14.4 Å². The molecule has 0 aliphatic carbocycles. The van der Waals surface area contributed by atoms with Crippen LogP contribution in [0.25, 0.3) is 0 Å². The Morgan fingerprint density at radius 1 is 1.20 bits per heavy atom. The molecule has 0 radical (unpaired) electrons. The second-order valence-electron chi connectivity index (χ2n) is 6.32. The molecule has 0 aliphatic rings. The summed E-state index contributed by atoms with van der Waals surface area (Å²) in [5.41, 5.74) is -0.318. The highest BCUT2D eigenvalue weighted by molar-refractivity contribution is 5.98. The number of ether oxygens (including phenoxy) is 3. The highest BCUT2D eigenvalue weighted by Crippen LogP contribution is 2.14. The molecule has 0 aromatic carbocycles. The zero-order chi connectivity index (χ0) is 19.0. The number of rotatable bonds is 7. The maximum Gasteiger partial charge on any atom is 0.407 e. The summed E-state index contributed by atoms with van der Waals surface area (Å²) < 4.78 is 14.7. The van der Waals surface area contributed by atoms with Crippen LogP contribution in [0, 0.1) is 5.92 Å². The van der Waals surface area contributed by atoms with Crippen LogP contribution in [0.1, 0.15) is 37.6 Å². The maximum atomic E-state index is 12.3. The summed E-state index contributed by atoms with van der Waals surface area (Å²) in [5.74, 6) is -1.33. The first-order chi connectivity index (χ1) is 11.7. The highest BCUT2D eigenvalue weighted by atomic mass is 16.6. The molecule has 8 nitrogen and oxygen atoms in total. The summed E-state index contributed by atoms with van der Waals surface area (Å²) in [6.45, 7) is 5.11. The van der Waals surface area contributed by atoms with Gasteiger partial charge in [0.1, 0.15) is 5.60 Å². The van der Waals surface area contributed by atoms with E-state index in [2.05, 4.69) is 10.3 Å². The van der Waals surface area contributed by atoms with Gasteiger partial charge in [-0.25, -0.2) is 9.78 Å². The van der Waals surface area contributed by atoms with E-state index in [-0.39, 0.29) is 18.7 Å². The molecule has 0 saturated heterocycles. The zero-order valence-electron chi connectivity index (χ0n) is 15.1. The van der Waals surface area contributed by atoms with E-state index in [1.54, 1.807) is 32.9 Å². The van der Waals surface area contributed by atoms with E-state index >= 15 is 0 Å². The highest BCUT2D eigenvalue weighted by Gasteiger charge is 2.25. The van der Waals surface area contributed by atoms with Crippen LogP contribution in [0.15, 0.2) is 18.3 Å². The molecule has 1 N–H and O–H groups in total. The number of Topliss-reactive ketones (excluding diaryl/α,β-unsaturated/α-hetero) is 1. The maximum absolute atomic E-state index is 12.3. The van der Waals surface area contributed by atoms with Crippen LogP contribution in [0.4, 0.5) is 4.79 Å². The number of pyridine rings is 1. The van der Waals surface area contributed by atoms with Gasteiger partial charge in [-0.05, 0) is 26.8 Å². The largest absolute Gasteiger partial charge is 0.481 e. The van der Waals surface area contributed by atoms with Crippen molar-refractivity contribution in [3.63, 3.8) is 0 Å². The minimum atomic E-state index is -0.827. The molecule has 0 aliphatic heterocycles. The Balaban J connectivity index is 2.70. The molecule has 1 amide bonds. The third kappa shape index (κ3) is 7.19. The number of alkyl carbamates (subject to hydrolysis) is 1. The number of aromatic nitrogens is 1. The van der Waals surface area contributed by atoms with Crippen molar-refractivity contribution in [2.45, 2.75) is 32.8 Å². The normalized spacial score (nSPS) is 12.0. The van der Waals surface area contributed by atoms with Crippen LogP contribution in [0.5, 0.6) is 5.88 Å². The minimum Gasteiger partial charge on any atom is -0.481 e. The summed E-state index contributed by atoms with van der Waals surface area (Å²) in [5, 5.41) is 2.48. The Bertz CT molecular complexity index is 607. The molecule has 1 rings (SSSR count). The van der Waals surface area contributed by atoms with Crippen molar-refractivity contribution in [3.8, 4) is 5.88 Å². The van der Waals surface area contributed by atoms with Gasteiger partial charge >= 0.3 is 12.1 Å². The Labute approximate surface area is 146 Å². The SMILES string of the molecule is COC(=O)C(CNC(=O)OC(C)(C)C)CC(=O)c1ccc(OC)nc1. The van der Waals surface area contributed by atoms with Crippen molar-refractivity contribution in [3.05, 3.63) is 23.9 Å². The van der Waals surface area contributed by atoms with Gasteiger partial charge in [-0.15, -0.1) is 0 Å². The minimum absolute atomic E-state index is 0.0725. The number of hydrogen-bond acceptors (Lipinski definition) is 7. The van der Waals surface area contributed by atoms with Crippen LogP contribution >= 0.6 is 0 Å². The number of methoxy groups -OCH3 is 2. The fraction of sp³-hybridized carbons (Fsp3) is 0.529. The van der Waals surface area contributed by atoms with Crippen LogP contribution in [-0.2, 0) is 14.3 Å². The number of hydrogen-bond donors (Lipinski definition) is 1. The lowest BCUT2D eigenvalue weighted by Gasteiger charge is -2.21. The van der Waals surface area contributed by atoms with E-state index < -0.39 is 23.6 Å². The van der Waals surface area contributed by atoms with E-state index in [1.807, 2.05) is 0 Å². The quantitative estimate of drug-likeness (QED) is 0.591. The molecule has 1 unspecified atom stereocenters. The first-order valence-electron chi connectivity index (χ1n) is 7.74. The number of carbonyl (C=O) groups is 3. The topological polar surface area (TPSA) is 104 Å². The Hall–Kier alpha value is -2.64. The summed E-state index contributed by atoms with van der Waals surface area (Å²) in [7, 11) is 2.70. The predicted octanol–water partition coefficient (Wildman–Crippen LogP) is 1.98. The molecule has 8 heteroatoms. The molecule has 25 heavy (non-hydrogen) atoms. The molecule has 1 atom stereocenters. The van der Waals surface area contributed by atoms with Gasteiger partial charge < -0.3 is 19.5 Å². The van der Waals surface area contributed by atoms with Crippen LogP contribution in [0.3, 0.4) is 0 Å². The second-order valence-corrected chi connectivity index (χ2v) is 6.32. The molecule has 0 bridgehead atoms. The van der Waals surface area contributed by atoms with Crippen molar-refractivity contribution in [1.82, 2.24) is 10.3 Å². The number of amides is 1. The average Bonchev–Trinajstić information content (AvgIpc) is 2.56. The van der Waals surface area contributed by atoms with Crippen molar-refractivity contribution in [2.24, 2.45) is 5.92 Å². The Morgan fingerprint density at radius 3 is 2.36 bits per heavy atom. The van der Waals surface area contributed by atoms with Crippen LogP contribution in [-0.4, -0.2) is 49.2 Å². The van der Waals surface area contributed by atoms with Crippen molar-refractivity contribution >= 4 is 17.8 Å². The monoisotopic (exact) mass is 352 g/mol. The Kier molecular flexibility index (Phi) is 7.35. The van der Waals surface area contributed by atoms with E-state index in [0.717, 1.165) is 0 Å². The van der Waals surface area contributed by atoms with E-state index in [4.69, 9.17) is 14.2 Å². The number of ketones is 1. The average molecular weight is 352 g/mol. The van der Waals surface area contributed by atoms with Crippen LogP contribution in [0.2, 0.25) is 0 Å². The Morgan fingerprint density at radius 2 is 1.88 bits per heavy atom. The molecule has 0 saturated carbocycles. The molecule has 1 aromatic heterocycles. The number of nitrogens with zero attached hydrogens (tertiary/aromatic N) is 1. The van der Waals surface area contributed by atoms with Gasteiger partial charge in [-0.2, -0.15) is 0 Å². The van der Waals surface area contributed by atoms with Gasteiger partial charge in [-0.3, -0.25) is 9.59 Å². The molecule has 0 fully saturated rings. The van der Waals surface area contributed by atoms with Gasteiger partial charge in [0.05, 0.1) is 20.1 Å². The lowest BCUT2D eigenvalue weighted by atomic mass is 9.99. The smallest absolute Gasteiger partial charge is 0.407 e. The first kappa shape index (κ1) is 20.4. The molecule has 1 aromatic rings.